The van der Waals surface area contributed by atoms with E-state index in [0.29, 0.717) is 12.1 Å². The molecule has 3 heterocycles. The van der Waals surface area contributed by atoms with Crippen LogP contribution in [0.3, 0.4) is 0 Å². The number of allylic oxidation sites excluding steroid dienone is 1. The molecule has 0 fully saturated rings. The maximum atomic E-state index is 12.4. The highest BCUT2D eigenvalue weighted by Crippen LogP contribution is 2.37. The molecule has 0 saturated carbocycles. The van der Waals surface area contributed by atoms with Crippen LogP contribution in [-0.4, -0.2) is 16.6 Å². The van der Waals surface area contributed by atoms with Crippen molar-refractivity contribution in [3.05, 3.63) is 63.4 Å². The topological polar surface area (TPSA) is 37.4 Å². The van der Waals surface area contributed by atoms with Gasteiger partial charge in [-0.1, -0.05) is 18.2 Å². The molecular formula is C15H9NO2S. The summed E-state index contributed by atoms with van der Waals surface area (Å²) in [6.07, 6.45) is 1.59. The molecule has 1 aromatic heterocycles. The highest BCUT2D eigenvalue weighted by molar-refractivity contribution is 7.12. The molecule has 2 aromatic rings. The maximum Gasteiger partial charge on any atom is 0.259 e. The van der Waals surface area contributed by atoms with E-state index in [1.165, 1.54) is 11.3 Å². The van der Waals surface area contributed by atoms with Crippen molar-refractivity contribution >= 4 is 28.7 Å². The smallest absolute Gasteiger partial charge is 0.259 e. The van der Waals surface area contributed by atoms with Gasteiger partial charge in [0.1, 0.15) is 0 Å². The van der Waals surface area contributed by atoms with Gasteiger partial charge >= 0.3 is 0 Å². The number of thiophene rings is 1. The minimum Gasteiger partial charge on any atom is -0.303 e. The predicted molar refractivity (Wildman–Crippen MR) is 72.9 cm³/mol. The van der Waals surface area contributed by atoms with Crippen LogP contribution < -0.4 is 0 Å². The number of hydrogen-bond acceptors (Lipinski definition) is 3. The van der Waals surface area contributed by atoms with Crippen LogP contribution in [0.4, 0.5) is 0 Å². The van der Waals surface area contributed by atoms with Crippen molar-refractivity contribution in [1.29, 1.82) is 0 Å². The van der Waals surface area contributed by atoms with Gasteiger partial charge in [-0.3, -0.25) is 9.59 Å². The Bertz CT molecular complexity index is 757. The van der Waals surface area contributed by atoms with Gasteiger partial charge in [0.05, 0.1) is 17.1 Å². The zero-order chi connectivity index (χ0) is 13.0. The van der Waals surface area contributed by atoms with Gasteiger partial charge in [0.15, 0.2) is 5.78 Å². The van der Waals surface area contributed by atoms with Gasteiger partial charge in [-0.05, 0) is 23.1 Å². The summed E-state index contributed by atoms with van der Waals surface area (Å²) in [5.41, 5.74) is 3.20. The Balaban J connectivity index is 1.96. The Kier molecular flexibility index (Phi) is 2.05. The Hall–Kier alpha value is -2.20. The number of fused-ring (bicyclic) bond motifs is 4. The molecule has 0 unspecified atom stereocenters. The van der Waals surface area contributed by atoms with Gasteiger partial charge in [0, 0.05) is 17.2 Å². The first-order valence-electron chi connectivity index (χ1n) is 5.99. The molecule has 1 amide bonds. The summed E-state index contributed by atoms with van der Waals surface area (Å²) >= 11 is 1.44. The lowest BCUT2D eigenvalue weighted by atomic mass is 10.1. The van der Waals surface area contributed by atoms with Crippen molar-refractivity contribution < 1.29 is 9.59 Å². The predicted octanol–water partition coefficient (Wildman–Crippen LogP) is 2.94. The summed E-state index contributed by atoms with van der Waals surface area (Å²) in [5, 5.41) is 1.90. The van der Waals surface area contributed by atoms with Crippen molar-refractivity contribution in [2.45, 2.75) is 6.54 Å². The van der Waals surface area contributed by atoms with Gasteiger partial charge in [-0.15, -0.1) is 11.3 Å². The van der Waals surface area contributed by atoms with Crippen LogP contribution in [0, 0.1) is 0 Å². The quantitative estimate of drug-likeness (QED) is 0.736. The van der Waals surface area contributed by atoms with Crippen molar-refractivity contribution in [3.63, 3.8) is 0 Å². The van der Waals surface area contributed by atoms with Crippen molar-refractivity contribution in [2.24, 2.45) is 0 Å². The first-order chi connectivity index (χ1) is 9.25. The fourth-order valence-electron chi connectivity index (χ4n) is 2.64. The second-order valence-corrected chi connectivity index (χ2v) is 5.52. The molecule has 0 spiro atoms. The first kappa shape index (κ1) is 10.7. The third-order valence-corrected chi connectivity index (χ3v) is 4.51. The molecule has 0 N–H and O–H groups in total. The van der Waals surface area contributed by atoms with Crippen LogP contribution in [-0.2, 0) is 6.54 Å². The molecule has 0 atom stereocenters. The van der Waals surface area contributed by atoms with Gasteiger partial charge in [0.2, 0.25) is 0 Å². The largest absolute Gasteiger partial charge is 0.303 e. The Morgan fingerprint density at radius 3 is 2.68 bits per heavy atom. The molecule has 1 aromatic carbocycles. The van der Waals surface area contributed by atoms with E-state index in [1.807, 2.05) is 35.7 Å². The molecule has 19 heavy (non-hydrogen) atoms. The third-order valence-electron chi connectivity index (χ3n) is 3.54. The number of amides is 1. The summed E-state index contributed by atoms with van der Waals surface area (Å²) in [6, 6.07) is 9.37. The molecule has 2 aliphatic rings. The lowest BCUT2D eigenvalue weighted by Crippen LogP contribution is -2.21. The fraction of sp³-hybridized carbons (Fsp3) is 0.0667. The molecule has 0 aliphatic carbocycles. The van der Waals surface area contributed by atoms with E-state index in [-0.39, 0.29) is 11.7 Å². The van der Waals surface area contributed by atoms with E-state index in [0.717, 1.165) is 21.7 Å². The molecule has 0 bridgehead atoms. The Labute approximate surface area is 113 Å². The lowest BCUT2D eigenvalue weighted by molar-refractivity contribution is 0.0843. The van der Waals surface area contributed by atoms with Crippen LogP contribution in [0.1, 0.15) is 31.2 Å². The van der Waals surface area contributed by atoms with E-state index in [1.54, 1.807) is 11.0 Å². The maximum absolute atomic E-state index is 12.4. The summed E-state index contributed by atoms with van der Waals surface area (Å²) in [7, 11) is 0. The molecule has 0 radical (unpaired) electrons. The molecule has 92 valence electrons. The molecule has 0 saturated heterocycles. The number of hydrogen-bond donors (Lipinski definition) is 0. The van der Waals surface area contributed by atoms with Crippen LogP contribution in [0.2, 0.25) is 0 Å². The number of ketones is 1. The summed E-state index contributed by atoms with van der Waals surface area (Å²) < 4.78 is 0. The highest BCUT2D eigenvalue weighted by Gasteiger charge is 2.35. The average Bonchev–Trinajstić information content (AvgIpc) is 2.95. The fourth-order valence-corrected chi connectivity index (χ4v) is 3.47. The zero-order valence-electron chi connectivity index (χ0n) is 9.92. The van der Waals surface area contributed by atoms with Gasteiger partial charge in [-0.2, -0.15) is 0 Å². The number of nitrogens with zero attached hydrogens (tertiary/aromatic N) is 1. The van der Waals surface area contributed by atoms with Crippen LogP contribution in [0.15, 0.2) is 41.8 Å². The number of benzene rings is 1. The lowest BCUT2D eigenvalue weighted by Gasteiger charge is -2.15. The highest BCUT2D eigenvalue weighted by atomic mass is 32.1. The van der Waals surface area contributed by atoms with E-state index in [9.17, 15) is 9.59 Å². The molecule has 3 nitrogen and oxygen atoms in total. The molecule has 4 heteroatoms. The van der Waals surface area contributed by atoms with Gasteiger partial charge in [-0.25, -0.2) is 0 Å². The molecule has 2 aliphatic heterocycles. The second kappa shape index (κ2) is 3.65. The first-order valence-corrected chi connectivity index (χ1v) is 6.87. The van der Waals surface area contributed by atoms with Crippen molar-refractivity contribution in [2.75, 3.05) is 0 Å². The summed E-state index contributed by atoms with van der Waals surface area (Å²) in [5.74, 6) is -0.0271. The average molecular weight is 267 g/mol. The minimum atomic E-state index is -0.0197. The molecular weight excluding hydrogens is 258 g/mol. The number of rotatable bonds is 0. The van der Waals surface area contributed by atoms with Gasteiger partial charge in [0.25, 0.3) is 5.91 Å². The molecule has 4 rings (SSSR count). The van der Waals surface area contributed by atoms with Crippen molar-refractivity contribution in [3.8, 4) is 0 Å². The van der Waals surface area contributed by atoms with E-state index >= 15 is 0 Å². The van der Waals surface area contributed by atoms with E-state index in [2.05, 4.69) is 0 Å². The second-order valence-electron chi connectivity index (χ2n) is 4.61. The standard InChI is InChI=1S/C15H9NO2S/c17-13-7-12-10-3-1-2-4-11(10)15(18)16(12)8-9-5-6-19-14(9)13/h1-7H,8H2. The zero-order valence-corrected chi connectivity index (χ0v) is 10.7. The van der Waals surface area contributed by atoms with Crippen molar-refractivity contribution in [1.82, 2.24) is 4.90 Å². The third kappa shape index (κ3) is 1.37. The van der Waals surface area contributed by atoms with Crippen LogP contribution in [0.5, 0.6) is 0 Å². The number of carbonyl (C=O) groups excluding carboxylic acids is 2. The van der Waals surface area contributed by atoms with Crippen LogP contribution in [0.25, 0.3) is 5.70 Å². The Morgan fingerprint density at radius 1 is 1.05 bits per heavy atom. The van der Waals surface area contributed by atoms with E-state index < -0.39 is 0 Å². The summed E-state index contributed by atoms with van der Waals surface area (Å²) in [4.78, 5) is 27.1. The Morgan fingerprint density at radius 2 is 1.84 bits per heavy atom. The normalized spacial score (nSPS) is 16.6. The monoisotopic (exact) mass is 267 g/mol. The SMILES string of the molecule is O=C1C=C2c3ccccc3C(=O)N2Cc2ccsc21. The summed E-state index contributed by atoms with van der Waals surface area (Å²) in [6.45, 7) is 0.476. The number of carbonyl (C=O) groups is 2. The van der Waals surface area contributed by atoms with Gasteiger partial charge < -0.3 is 4.90 Å². The minimum absolute atomic E-state index is 0.00740. The van der Waals surface area contributed by atoms with E-state index in [4.69, 9.17) is 0 Å². The van der Waals surface area contributed by atoms with Crippen LogP contribution >= 0.6 is 11.3 Å².